The maximum absolute atomic E-state index is 11.6. The Morgan fingerprint density at radius 2 is 1.95 bits per heavy atom. The van der Waals surface area contributed by atoms with Gasteiger partial charge in [-0.3, -0.25) is 9.59 Å². The van der Waals surface area contributed by atoms with Gasteiger partial charge in [-0.25, -0.2) is 0 Å². The fourth-order valence-corrected chi connectivity index (χ4v) is 1.42. The molecule has 0 aromatic rings. The van der Waals surface area contributed by atoms with Crippen molar-refractivity contribution in [2.45, 2.75) is 39.2 Å². The van der Waals surface area contributed by atoms with E-state index in [2.05, 4.69) is 10.6 Å². The molecule has 0 spiro atoms. The van der Waals surface area contributed by atoms with Crippen molar-refractivity contribution in [1.82, 2.24) is 10.6 Å². The molecule has 0 aliphatic heterocycles. The van der Waals surface area contributed by atoms with Crippen LogP contribution >= 0.6 is 0 Å². The van der Waals surface area contributed by atoms with E-state index in [-0.39, 0.29) is 18.2 Å². The predicted octanol–water partition coefficient (Wildman–Crippen LogP) is 0.0188. The van der Waals surface area contributed by atoms with Gasteiger partial charge in [-0.2, -0.15) is 0 Å². The highest BCUT2D eigenvalue weighted by Crippen LogP contribution is 1.95. The van der Waals surface area contributed by atoms with Gasteiger partial charge in [-0.1, -0.05) is 13.8 Å². The summed E-state index contributed by atoms with van der Waals surface area (Å²) < 4.78 is 4.89. The zero-order valence-electron chi connectivity index (χ0n) is 12.2. The van der Waals surface area contributed by atoms with Gasteiger partial charge in [0.15, 0.2) is 0 Å². The number of amides is 2. The number of carbonyl (C=O) groups excluding carboxylic acids is 2. The van der Waals surface area contributed by atoms with Gasteiger partial charge in [0, 0.05) is 33.2 Å². The zero-order valence-corrected chi connectivity index (χ0v) is 12.2. The first-order valence-corrected chi connectivity index (χ1v) is 6.76. The summed E-state index contributed by atoms with van der Waals surface area (Å²) in [6.45, 7) is 5.63. The molecule has 1 unspecified atom stereocenters. The molecule has 0 rings (SSSR count). The highest BCUT2D eigenvalue weighted by atomic mass is 16.5. The lowest BCUT2D eigenvalue weighted by Crippen LogP contribution is -2.42. The van der Waals surface area contributed by atoms with Gasteiger partial charge in [0.2, 0.25) is 11.8 Å². The summed E-state index contributed by atoms with van der Waals surface area (Å²) in [6.07, 6.45) is 1.61. The Balaban J connectivity index is 3.64. The quantitative estimate of drug-likeness (QED) is 0.489. The van der Waals surface area contributed by atoms with Crippen molar-refractivity contribution in [3.8, 4) is 0 Å². The van der Waals surface area contributed by atoms with Gasteiger partial charge >= 0.3 is 0 Å². The SMILES string of the molecule is COCCCC(N)C(=O)NCCC(=O)NCC(C)C. The van der Waals surface area contributed by atoms with Gasteiger partial charge < -0.3 is 21.1 Å². The number of carbonyl (C=O) groups is 2. The molecule has 6 nitrogen and oxygen atoms in total. The first-order chi connectivity index (χ1) is 8.97. The molecule has 4 N–H and O–H groups in total. The largest absolute Gasteiger partial charge is 0.385 e. The molecule has 112 valence electrons. The topological polar surface area (TPSA) is 93.4 Å². The minimum atomic E-state index is -0.533. The van der Waals surface area contributed by atoms with Crippen LogP contribution in [0.5, 0.6) is 0 Å². The zero-order chi connectivity index (χ0) is 14.7. The van der Waals surface area contributed by atoms with E-state index in [0.29, 0.717) is 32.0 Å². The lowest BCUT2D eigenvalue weighted by atomic mass is 10.1. The maximum atomic E-state index is 11.6. The molecule has 0 aromatic carbocycles. The molecule has 19 heavy (non-hydrogen) atoms. The van der Waals surface area contributed by atoms with Gasteiger partial charge in [-0.15, -0.1) is 0 Å². The number of nitrogens with one attached hydrogen (secondary N) is 2. The number of hydrogen-bond donors (Lipinski definition) is 3. The normalized spacial score (nSPS) is 12.3. The van der Waals surface area contributed by atoms with E-state index in [0.717, 1.165) is 6.42 Å². The van der Waals surface area contributed by atoms with Gasteiger partial charge in [0.25, 0.3) is 0 Å². The molecule has 0 aliphatic carbocycles. The Labute approximate surface area is 115 Å². The van der Waals surface area contributed by atoms with Crippen molar-refractivity contribution in [2.24, 2.45) is 11.7 Å². The molecule has 1 atom stereocenters. The van der Waals surface area contributed by atoms with Crippen molar-refractivity contribution in [1.29, 1.82) is 0 Å². The number of rotatable bonds is 10. The van der Waals surface area contributed by atoms with Crippen LogP contribution in [0.4, 0.5) is 0 Å². The summed E-state index contributed by atoms with van der Waals surface area (Å²) in [5.41, 5.74) is 5.71. The van der Waals surface area contributed by atoms with Crippen molar-refractivity contribution >= 4 is 11.8 Å². The highest BCUT2D eigenvalue weighted by molar-refractivity contribution is 5.82. The van der Waals surface area contributed by atoms with Crippen molar-refractivity contribution in [3.05, 3.63) is 0 Å². The lowest BCUT2D eigenvalue weighted by molar-refractivity contribution is -0.123. The van der Waals surface area contributed by atoms with Crippen LogP contribution in [0, 0.1) is 5.92 Å². The summed E-state index contributed by atoms with van der Waals surface area (Å²) in [7, 11) is 1.61. The molecule has 0 bridgehead atoms. The van der Waals surface area contributed by atoms with Crippen LogP contribution in [-0.4, -0.2) is 44.7 Å². The molecule has 0 saturated carbocycles. The Kier molecular flexibility index (Phi) is 10.1. The van der Waals surface area contributed by atoms with Crippen LogP contribution < -0.4 is 16.4 Å². The second-order valence-electron chi connectivity index (χ2n) is 4.98. The first-order valence-electron chi connectivity index (χ1n) is 6.76. The summed E-state index contributed by atoms with van der Waals surface area (Å²) in [5.74, 6) is 0.155. The van der Waals surface area contributed by atoms with Crippen LogP contribution in [0.25, 0.3) is 0 Å². The van der Waals surface area contributed by atoms with Crippen LogP contribution in [0.15, 0.2) is 0 Å². The third-order valence-corrected chi connectivity index (χ3v) is 2.56. The molecular formula is C13H27N3O3. The smallest absolute Gasteiger partial charge is 0.236 e. The minimum absolute atomic E-state index is 0.0537. The number of hydrogen-bond acceptors (Lipinski definition) is 4. The Morgan fingerprint density at radius 3 is 2.53 bits per heavy atom. The average Bonchev–Trinajstić information content (AvgIpc) is 2.36. The van der Waals surface area contributed by atoms with E-state index in [4.69, 9.17) is 10.5 Å². The summed E-state index contributed by atoms with van der Waals surface area (Å²) in [6, 6.07) is -0.533. The molecule has 0 aromatic heterocycles. The average molecular weight is 273 g/mol. The molecule has 0 heterocycles. The van der Waals surface area contributed by atoms with E-state index in [1.165, 1.54) is 0 Å². The minimum Gasteiger partial charge on any atom is -0.385 e. The van der Waals surface area contributed by atoms with Crippen molar-refractivity contribution < 1.29 is 14.3 Å². The van der Waals surface area contributed by atoms with Crippen molar-refractivity contribution in [2.75, 3.05) is 26.8 Å². The fourth-order valence-electron chi connectivity index (χ4n) is 1.42. The molecule has 0 saturated heterocycles. The molecule has 0 aliphatic rings. The molecule has 6 heteroatoms. The Morgan fingerprint density at radius 1 is 1.26 bits per heavy atom. The second-order valence-corrected chi connectivity index (χ2v) is 4.98. The van der Waals surface area contributed by atoms with E-state index >= 15 is 0 Å². The number of ether oxygens (including phenoxy) is 1. The Hall–Kier alpha value is -1.14. The van der Waals surface area contributed by atoms with E-state index in [9.17, 15) is 9.59 Å². The van der Waals surface area contributed by atoms with E-state index in [1.54, 1.807) is 7.11 Å². The molecular weight excluding hydrogens is 246 g/mol. The van der Waals surface area contributed by atoms with Gasteiger partial charge in [-0.05, 0) is 18.8 Å². The van der Waals surface area contributed by atoms with Crippen LogP contribution in [0.2, 0.25) is 0 Å². The van der Waals surface area contributed by atoms with Crippen LogP contribution in [-0.2, 0) is 14.3 Å². The molecule has 0 radical (unpaired) electrons. The van der Waals surface area contributed by atoms with Gasteiger partial charge in [0.1, 0.15) is 0 Å². The summed E-state index contributed by atoms with van der Waals surface area (Å²) >= 11 is 0. The number of nitrogens with two attached hydrogens (primary N) is 1. The molecule has 0 fully saturated rings. The second kappa shape index (κ2) is 10.8. The predicted molar refractivity (Wildman–Crippen MR) is 74.6 cm³/mol. The van der Waals surface area contributed by atoms with Crippen LogP contribution in [0.3, 0.4) is 0 Å². The highest BCUT2D eigenvalue weighted by Gasteiger charge is 2.12. The Bertz CT molecular complexity index is 270. The van der Waals surface area contributed by atoms with Crippen molar-refractivity contribution in [3.63, 3.8) is 0 Å². The first kappa shape index (κ1) is 17.9. The monoisotopic (exact) mass is 273 g/mol. The summed E-state index contributed by atoms with van der Waals surface area (Å²) in [5, 5.41) is 5.45. The van der Waals surface area contributed by atoms with E-state index < -0.39 is 6.04 Å². The lowest BCUT2D eigenvalue weighted by Gasteiger charge is -2.12. The third kappa shape index (κ3) is 10.5. The molecule has 2 amide bonds. The van der Waals surface area contributed by atoms with Crippen LogP contribution in [0.1, 0.15) is 33.1 Å². The standard InChI is InChI=1S/C13H27N3O3/c1-10(2)9-16-12(17)6-7-15-13(18)11(14)5-4-8-19-3/h10-11H,4-9,14H2,1-3H3,(H,15,18)(H,16,17). The summed E-state index contributed by atoms with van der Waals surface area (Å²) in [4.78, 5) is 23.0. The number of methoxy groups -OCH3 is 1. The fraction of sp³-hybridized carbons (Fsp3) is 0.846. The maximum Gasteiger partial charge on any atom is 0.236 e. The van der Waals surface area contributed by atoms with E-state index in [1.807, 2.05) is 13.8 Å². The van der Waals surface area contributed by atoms with Gasteiger partial charge in [0.05, 0.1) is 6.04 Å². The third-order valence-electron chi connectivity index (χ3n) is 2.56.